The molecule has 0 aliphatic heterocycles. The summed E-state index contributed by atoms with van der Waals surface area (Å²) in [7, 11) is 0.155. The summed E-state index contributed by atoms with van der Waals surface area (Å²) in [6.07, 6.45) is 6.34. The summed E-state index contributed by atoms with van der Waals surface area (Å²) in [5.74, 6) is 0.601. The number of aromatic nitrogens is 1. The molecule has 0 amide bonds. The van der Waals surface area contributed by atoms with E-state index in [1.807, 2.05) is 56.3 Å². The lowest BCUT2D eigenvalue weighted by Gasteiger charge is -2.22. The first-order chi connectivity index (χ1) is 15.0. The third-order valence-electron chi connectivity index (χ3n) is 5.62. The number of nitrogens with one attached hydrogen (secondary N) is 2. The van der Waals surface area contributed by atoms with Gasteiger partial charge in [0.15, 0.2) is 16.1 Å². The predicted molar refractivity (Wildman–Crippen MR) is 131 cm³/mol. The van der Waals surface area contributed by atoms with Gasteiger partial charge in [0.05, 0.1) is 17.7 Å². The molecule has 164 valence electrons. The van der Waals surface area contributed by atoms with Gasteiger partial charge in [0, 0.05) is 11.7 Å². The van der Waals surface area contributed by atoms with E-state index in [0.29, 0.717) is 16.7 Å². The van der Waals surface area contributed by atoms with Crippen molar-refractivity contribution in [3.63, 3.8) is 0 Å². The van der Waals surface area contributed by atoms with Crippen LogP contribution in [0, 0.1) is 13.8 Å². The van der Waals surface area contributed by atoms with Crippen LogP contribution in [0.5, 0.6) is 5.75 Å². The average Bonchev–Trinajstić information content (AvgIpc) is 3.15. The van der Waals surface area contributed by atoms with Gasteiger partial charge in [-0.25, -0.2) is 9.19 Å². The first-order valence-corrected chi connectivity index (χ1v) is 12.7. The highest BCUT2D eigenvalue weighted by atomic mass is 32.2. The lowest BCUT2D eigenvalue weighted by molar-refractivity contribution is 0.404. The van der Waals surface area contributed by atoms with Gasteiger partial charge in [-0.3, -0.25) is 0 Å². The molecule has 4 rings (SSSR count). The van der Waals surface area contributed by atoms with E-state index in [0.717, 1.165) is 32.5 Å². The smallest absolute Gasteiger partial charge is 0.183 e. The number of nitrogens with zero attached hydrogens (tertiary/aromatic N) is 1. The number of hydrogen-bond acceptors (Lipinski definition) is 5. The van der Waals surface area contributed by atoms with Gasteiger partial charge in [0.1, 0.15) is 10.6 Å². The van der Waals surface area contributed by atoms with Crippen LogP contribution in [-0.2, 0) is 11.0 Å². The Morgan fingerprint density at radius 1 is 1.06 bits per heavy atom. The first-order valence-electron chi connectivity index (χ1n) is 10.7. The average molecular weight is 456 g/mol. The number of aryl methyl sites for hydroxylation is 2. The van der Waals surface area contributed by atoms with Crippen molar-refractivity contribution in [2.75, 3.05) is 17.1 Å². The third-order valence-corrected chi connectivity index (χ3v) is 7.89. The Morgan fingerprint density at radius 3 is 2.52 bits per heavy atom. The van der Waals surface area contributed by atoms with E-state index in [-0.39, 0.29) is 0 Å². The molecule has 1 heterocycles. The minimum absolute atomic E-state index is 0.518. The minimum atomic E-state index is -1.45. The molecule has 0 radical (unpaired) electrons. The Balaban J connectivity index is 1.58. The Morgan fingerprint density at radius 2 is 1.81 bits per heavy atom. The minimum Gasteiger partial charge on any atom is -0.495 e. The lowest BCUT2D eigenvalue weighted by atomic mass is 9.96. The third kappa shape index (κ3) is 5.28. The van der Waals surface area contributed by atoms with E-state index in [9.17, 15) is 4.21 Å². The van der Waals surface area contributed by atoms with Gasteiger partial charge < -0.3 is 14.8 Å². The summed E-state index contributed by atoms with van der Waals surface area (Å²) in [6.45, 7) is 4.06. The number of thiazole rings is 1. The summed E-state index contributed by atoms with van der Waals surface area (Å²) >= 11 is 1.66. The van der Waals surface area contributed by atoms with Crippen molar-refractivity contribution in [2.45, 2.75) is 56.9 Å². The Hall–Kier alpha value is -2.38. The first kappa shape index (κ1) is 21.8. The zero-order valence-electron chi connectivity index (χ0n) is 18.2. The number of benzene rings is 2. The Bertz CT molecular complexity index is 1060. The van der Waals surface area contributed by atoms with Crippen LogP contribution in [0.3, 0.4) is 0 Å². The molecule has 1 aromatic heterocycles. The molecule has 1 atom stereocenters. The van der Waals surface area contributed by atoms with Crippen LogP contribution in [0.4, 0.5) is 10.8 Å². The monoisotopic (exact) mass is 455 g/mol. The van der Waals surface area contributed by atoms with Gasteiger partial charge in [0.2, 0.25) is 0 Å². The van der Waals surface area contributed by atoms with Gasteiger partial charge in [-0.2, -0.15) is 0 Å². The number of methoxy groups -OCH3 is 1. The van der Waals surface area contributed by atoms with Crippen molar-refractivity contribution in [3.05, 3.63) is 53.7 Å². The van der Waals surface area contributed by atoms with Crippen LogP contribution in [0.25, 0.3) is 10.4 Å². The maximum atomic E-state index is 13.1. The van der Waals surface area contributed by atoms with Crippen molar-refractivity contribution < 1.29 is 8.95 Å². The molecule has 1 fully saturated rings. The molecule has 1 aliphatic carbocycles. The van der Waals surface area contributed by atoms with Crippen LogP contribution in [0.15, 0.2) is 47.4 Å². The van der Waals surface area contributed by atoms with Crippen LogP contribution in [-0.4, -0.2) is 22.3 Å². The Kier molecular flexibility index (Phi) is 6.92. The second-order valence-corrected chi connectivity index (χ2v) is 10.2. The van der Waals surface area contributed by atoms with Gasteiger partial charge in [-0.1, -0.05) is 48.3 Å². The highest BCUT2D eigenvalue weighted by Crippen LogP contribution is 2.37. The maximum Gasteiger partial charge on any atom is 0.183 e. The molecule has 0 spiro atoms. The second-order valence-electron chi connectivity index (χ2n) is 8.02. The van der Waals surface area contributed by atoms with Crippen molar-refractivity contribution in [1.29, 1.82) is 0 Å². The van der Waals surface area contributed by atoms with Crippen LogP contribution in [0.2, 0.25) is 0 Å². The van der Waals surface area contributed by atoms with Crippen LogP contribution < -0.4 is 14.8 Å². The molecule has 1 unspecified atom stereocenters. The zero-order valence-corrected chi connectivity index (χ0v) is 19.9. The summed E-state index contributed by atoms with van der Waals surface area (Å²) in [5.41, 5.74) is 3.96. The lowest BCUT2D eigenvalue weighted by Crippen LogP contribution is -2.21. The molecule has 0 saturated heterocycles. The van der Waals surface area contributed by atoms with Crippen molar-refractivity contribution in [2.24, 2.45) is 0 Å². The van der Waals surface area contributed by atoms with Crippen LogP contribution >= 0.6 is 11.3 Å². The largest absolute Gasteiger partial charge is 0.495 e. The van der Waals surface area contributed by atoms with E-state index in [1.54, 1.807) is 18.4 Å². The summed E-state index contributed by atoms with van der Waals surface area (Å²) < 4.78 is 21.7. The molecule has 31 heavy (non-hydrogen) atoms. The van der Waals surface area contributed by atoms with Gasteiger partial charge in [-0.05, 0) is 62.6 Å². The Labute approximate surface area is 190 Å². The van der Waals surface area contributed by atoms with E-state index < -0.39 is 11.0 Å². The molecule has 2 N–H and O–H groups in total. The molecular weight excluding hydrogens is 426 g/mol. The summed E-state index contributed by atoms with van der Waals surface area (Å²) in [5, 5.41) is 4.59. The highest BCUT2D eigenvalue weighted by molar-refractivity contribution is 7.86. The number of anilines is 2. The van der Waals surface area contributed by atoms with Gasteiger partial charge in [-0.15, -0.1) is 0 Å². The number of hydrogen-bond donors (Lipinski definition) is 2. The topological polar surface area (TPSA) is 63.2 Å². The molecule has 2 aromatic carbocycles. The zero-order chi connectivity index (χ0) is 21.8. The van der Waals surface area contributed by atoms with Gasteiger partial charge >= 0.3 is 0 Å². The molecule has 5 nitrogen and oxygen atoms in total. The number of ether oxygens (including phenoxy) is 1. The van der Waals surface area contributed by atoms with E-state index in [1.165, 1.54) is 32.1 Å². The quantitative estimate of drug-likeness (QED) is 0.438. The molecule has 1 aliphatic rings. The normalized spacial score (nSPS) is 15.5. The molecule has 7 heteroatoms. The standard InChI is InChI=1S/C24H29N3O2S2/c1-16-9-12-20(13-10-16)27-31(28)22-15-18(11-14-21(22)29-3)23-17(2)25-24(30-23)26-19-7-5-4-6-8-19/h9-15,19,27H,4-8H2,1-3H3,(H,25,26). The maximum absolute atomic E-state index is 13.1. The summed E-state index contributed by atoms with van der Waals surface area (Å²) in [4.78, 5) is 6.47. The van der Waals surface area contributed by atoms with Crippen LogP contribution in [0.1, 0.15) is 43.4 Å². The predicted octanol–water partition coefficient (Wildman–Crippen LogP) is 6.31. The number of rotatable bonds is 7. The molecular formula is C24H29N3O2S2. The molecule has 3 aromatic rings. The second kappa shape index (κ2) is 9.83. The fraction of sp³-hybridized carbons (Fsp3) is 0.375. The van der Waals surface area contributed by atoms with E-state index >= 15 is 0 Å². The molecule has 1 saturated carbocycles. The van der Waals surface area contributed by atoms with Crippen molar-refractivity contribution in [3.8, 4) is 16.2 Å². The highest BCUT2D eigenvalue weighted by Gasteiger charge is 2.18. The fourth-order valence-corrected chi connectivity index (χ4v) is 5.96. The fourth-order valence-electron chi connectivity index (χ4n) is 3.89. The molecule has 0 bridgehead atoms. The van der Waals surface area contributed by atoms with E-state index in [2.05, 4.69) is 10.0 Å². The SMILES string of the molecule is COc1ccc(-c2sc(NC3CCCCC3)nc2C)cc1S(=O)Nc1ccc(C)cc1. The summed E-state index contributed by atoms with van der Waals surface area (Å²) in [6, 6.07) is 14.2. The van der Waals surface area contributed by atoms with Crippen molar-refractivity contribution in [1.82, 2.24) is 4.98 Å². The van der Waals surface area contributed by atoms with E-state index in [4.69, 9.17) is 9.72 Å². The van der Waals surface area contributed by atoms with Crippen molar-refractivity contribution >= 4 is 33.1 Å². The van der Waals surface area contributed by atoms with Gasteiger partial charge in [0.25, 0.3) is 0 Å².